The van der Waals surface area contributed by atoms with Crippen molar-refractivity contribution >= 4 is 5.90 Å². The van der Waals surface area contributed by atoms with E-state index < -0.39 is 0 Å². The summed E-state index contributed by atoms with van der Waals surface area (Å²) >= 11 is 0. The number of pyridine rings is 1. The Hall–Kier alpha value is -1.62. The monoisotopic (exact) mass is 277 g/mol. The van der Waals surface area contributed by atoms with Crippen LogP contribution in [-0.4, -0.2) is 49.1 Å². The molecule has 0 saturated carbocycles. The van der Waals surface area contributed by atoms with Gasteiger partial charge in [-0.1, -0.05) is 6.42 Å². The summed E-state index contributed by atoms with van der Waals surface area (Å²) in [7, 11) is 1.59. The number of aromatic nitrogens is 1. The van der Waals surface area contributed by atoms with Crippen LogP contribution in [-0.2, 0) is 9.57 Å². The Labute approximate surface area is 120 Å². The van der Waals surface area contributed by atoms with Gasteiger partial charge < -0.3 is 14.5 Å². The van der Waals surface area contributed by atoms with E-state index in [1.54, 1.807) is 19.5 Å². The van der Waals surface area contributed by atoms with Crippen molar-refractivity contribution in [3.63, 3.8) is 0 Å². The fourth-order valence-electron chi connectivity index (χ4n) is 2.34. The molecule has 2 rings (SSSR count). The Morgan fingerprint density at radius 3 is 2.90 bits per heavy atom. The Morgan fingerprint density at radius 1 is 1.35 bits per heavy atom. The van der Waals surface area contributed by atoms with Gasteiger partial charge in [-0.15, -0.1) is 0 Å². The number of ether oxygens (including phenoxy) is 1. The van der Waals surface area contributed by atoms with Crippen molar-refractivity contribution in [3.8, 4) is 0 Å². The topological polar surface area (TPSA) is 47.0 Å². The highest BCUT2D eigenvalue weighted by Gasteiger charge is 2.09. The van der Waals surface area contributed by atoms with Gasteiger partial charge in [-0.2, -0.15) is 0 Å². The van der Waals surface area contributed by atoms with Gasteiger partial charge in [0.1, 0.15) is 6.61 Å². The molecule has 5 nitrogen and oxygen atoms in total. The third-order valence-electron chi connectivity index (χ3n) is 3.41. The van der Waals surface area contributed by atoms with Crippen molar-refractivity contribution in [1.29, 1.82) is 0 Å². The van der Waals surface area contributed by atoms with Gasteiger partial charge in [0, 0.05) is 18.9 Å². The van der Waals surface area contributed by atoms with Gasteiger partial charge in [0.25, 0.3) is 5.90 Å². The van der Waals surface area contributed by atoms with E-state index in [1.165, 1.54) is 32.4 Å². The predicted molar refractivity (Wildman–Crippen MR) is 78.6 cm³/mol. The van der Waals surface area contributed by atoms with E-state index in [0.29, 0.717) is 12.5 Å². The maximum Gasteiger partial charge on any atom is 0.258 e. The lowest BCUT2D eigenvalue weighted by molar-refractivity contribution is 0.118. The van der Waals surface area contributed by atoms with E-state index in [1.807, 2.05) is 12.1 Å². The van der Waals surface area contributed by atoms with Crippen molar-refractivity contribution in [2.24, 2.45) is 5.16 Å². The van der Waals surface area contributed by atoms with Crippen molar-refractivity contribution < 1.29 is 9.57 Å². The third-order valence-corrected chi connectivity index (χ3v) is 3.41. The number of methoxy groups -OCH3 is 1. The maximum absolute atomic E-state index is 5.34. The molecule has 0 aliphatic carbocycles. The maximum atomic E-state index is 5.34. The summed E-state index contributed by atoms with van der Waals surface area (Å²) in [6, 6.07) is 3.74. The Kier molecular flexibility index (Phi) is 6.31. The first-order chi connectivity index (χ1) is 9.90. The lowest BCUT2D eigenvalue weighted by Gasteiger charge is -2.25. The van der Waals surface area contributed by atoms with Crippen LogP contribution in [0.3, 0.4) is 0 Å². The molecule has 0 bridgehead atoms. The second kappa shape index (κ2) is 8.53. The minimum atomic E-state index is 0.469. The fraction of sp³-hybridized carbons (Fsp3) is 0.600. The fourth-order valence-corrected chi connectivity index (χ4v) is 2.34. The van der Waals surface area contributed by atoms with E-state index in [9.17, 15) is 0 Å². The Bertz CT molecular complexity index is 403. The second-order valence-electron chi connectivity index (χ2n) is 4.93. The number of likely N-dealkylation sites (tertiary alicyclic amines) is 1. The summed E-state index contributed by atoms with van der Waals surface area (Å²) in [5.41, 5.74) is 0.825. The van der Waals surface area contributed by atoms with Gasteiger partial charge in [-0.05, 0) is 49.6 Å². The van der Waals surface area contributed by atoms with Gasteiger partial charge in [0.05, 0.1) is 12.7 Å². The molecule has 0 aromatic carbocycles. The first kappa shape index (κ1) is 14.8. The van der Waals surface area contributed by atoms with Gasteiger partial charge in [-0.25, -0.2) is 0 Å². The normalized spacial score (nSPS) is 16.9. The molecular formula is C15H23N3O2. The molecule has 5 heteroatoms. The van der Waals surface area contributed by atoms with E-state index >= 15 is 0 Å². The number of piperidine rings is 1. The highest BCUT2D eigenvalue weighted by molar-refractivity contribution is 5.93. The third kappa shape index (κ3) is 4.81. The molecule has 0 spiro atoms. The zero-order valence-electron chi connectivity index (χ0n) is 12.1. The Morgan fingerprint density at radius 2 is 2.20 bits per heavy atom. The van der Waals surface area contributed by atoms with Crippen molar-refractivity contribution in [1.82, 2.24) is 9.88 Å². The number of hydrogen-bond acceptors (Lipinski definition) is 5. The van der Waals surface area contributed by atoms with Crippen LogP contribution in [0, 0.1) is 0 Å². The standard InChI is InChI=1S/C15H23N3O2/c1-19-15(14-7-5-8-16-13-14)17-20-12-6-11-18-9-3-2-4-10-18/h5,7-8,13H,2-4,6,9-12H2,1H3. The molecule has 110 valence electrons. The summed E-state index contributed by atoms with van der Waals surface area (Å²) in [5, 5.41) is 4.03. The quantitative estimate of drug-likeness (QED) is 0.346. The van der Waals surface area contributed by atoms with Crippen LogP contribution in [0.2, 0.25) is 0 Å². The lowest BCUT2D eigenvalue weighted by Crippen LogP contribution is -2.31. The van der Waals surface area contributed by atoms with Crippen molar-refractivity contribution in [2.45, 2.75) is 25.7 Å². The molecule has 1 aliphatic rings. The minimum Gasteiger partial charge on any atom is -0.478 e. The molecule has 0 unspecified atom stereocenters. The lowest BCUT2D eigenvalue weighted by atomic mass is 10.1. The zero-order valence-corrected chi connectivity index (χ0v) is 12.1. The molecule has 1 fully saturated rings. The van der Waals surface area contributed by atoms with Gasteiger partial charge in [0.15, 0.2) is 0 Å². The average Bonchev–Trinajstić information content (AvgIpc) is 2.53. The van der Waals surface area contributed by atoms with Crippen molar-refractivity contribution in [3.05, 3.63) is 30.1 Å². The molecule has 0 N–H and O–H groups in total. The van der Waals surface area contributed by atoms with Crippen LogP contribution in [0.1, 0.15) is 31.2 Å². The van der Waals surface area contributed by atoms with Crippen LogP contribution in [0.5, 0.6) is 0 Å². The number of nitrogens with zero attached hydrogens (tertiary/aromatic N) is 3. The summed E-state index contributed by atoms with van der Waals surface area (Å²) in [6.45, 7) is 4.15. The highest BCUT2D eigenvalue weighted by atomic mass is 16.6. The first-order valence-corrected chi connectivity index (χ1v) is 7.27. The van der Waals surface area contributed by atoms with Gasteiger partial charge in [-0.3, -0.25) is 4.98 Å². The molecular weight excluding hydrogens is 254 g/mol. The molecule has 1 saturated heterocycles. The van der Waals surface area contributed by atoms with E-state index in [0.717, 1.165) is 18.5 Å². The van der Waals surface area contributed by atoms with Crippen molar-refractivity contribution in [2.75, 3.05) is 33.4 Å². The number of oxime groups is 1. The van der Waals surface area contributed by atoms with Gasteiger partial charge >= 0.3 is 0 Å². The van der Waals surface area contributed by atoms with Gasteiger partial charge in [0.2, 0.25) is 0 Å². The highest BCUT2D eigenvalue weighted by Crippen LogP contribution is 2.08. The van der Waals surface area contributed by atoms with Crippen LogP contribution in [0.15, 0.2) is 29.7 Å². The Balaban J connectivity index is 1.69. The molecule has 1 aromatic rings. The van der Waals surface area contributed by atoms with E-state index in [-0.39, 0.29) is 0 Å². The second-order valence-corrected chi connectivity index (χ2v) is 4.93. The molecule has 0 amide bonds. The molecule has 1 aliphatic heterocycles. The summed E-state index contributed by atoms with van der Waals surface area (Å²) < 4.78 is 5.21. The van der Waals surface area contributed by atoms with Crippen LogP contribution in [0.25, 0.3) is 0 Å². The summed E-state index contributed by atoms with van der Waals surface area (Å²) in [5.74, 6) is 0.469. The van der Waals surface area contributed by atoms with Crippen LogP contribution >= 0.6 is 0 Å². The van der Waals surface area contributed by atoms with Crippen LogP contribution in [0.4, 0.5) is 0 Å². The molecule has 1 aromatic heterocycles. The van der Waals surface area contributed by atoms with E-state index in [4.69, 9.17) is 9.57 Å². The average molecular weight is 277 g/mol. The molecule has 0 atom stereocenters. The summed E-state index contributed by atoms with van der Waals surface area (Å²) in [4.78, 5) is 11.9. The molecule has 2 heterocycles. The van der Waals surface area contributed by atoms with Crippen LogP contribution < -0.4 is 0 Å². The molecule has 0 radical (unpaired) electrons. The summed E-state index contributed by atoms with van der Waals surface area (Å²) in [6.07, 6.45) is 8.45. The number of rotatable bonds is 6. The largest absolute Gasteiger partial charge is 0.478 e. The minimum absolute atomic E-state index is 0.469. The van der Waals surface area contributed by atoms with E-state index in [2.05, 4.69) is 15.0 Å². The first-order valence-electron chi connectivity index (χ1n) is 7.27. The predicted octanol–water partition coefficient (Wildman–Crippen LogP) is 2.28. The number of hydrogen-bond donors (Lipinski definition) is 0. The smallest absolute Gasteiger partial charge is 0.258 e. The SMILES string of the molecule is COC(=NOCCCN1CCCCC1)c1cccnc1. The zero-order chi connectivity index (χ0) is 14.0. The molecule has 20 heavy (non-hydrogen) atoms.